The minimum absolute atomic E-state index is 0.240. The first-order chi connectivity index (χ1) is 13.1. The third-order valence-electron chi connectivity index (χ3n) is 3.81. The second-order valence-corrected chi connectivity index (χ2v) is 6.08. The van der Waals surface area contributed by atoms with Crippen LogP contribution >= 0.6 is 11.6 Å². The normalized spacial score (nSPS) is 10.3. The van der Waals surface area contributed by atoms with E-state index in [1.807, 2.05) is 36.4 Å². The molecule has 27 heavy (non-hydrogen) atoms. The molecular formula is C20H17ClN2O4. The number of fused-ring (bicyclic) bond motifs is 1. The first-order valence-corrected chi connectivity index (χ1v) is 8.49. The molecule has 0 aromatic heterocycles. The fraction of sp³-hybridized carbons (Fsp3) is 0.100. The van der Waals surface area contributed by atoms with E-state index in [1.165, 1.54) is 19.2 Å². The third kappa shape index (κ3) is 4.68. The molecule has 7 heteroatoms. The molecule has 0 spiro atoms. The van der Waals surface area contributed by atoms with Crippen molar-refractivity contribution < 1.29 is 19.1 Å². The van der Waals surface area contributed by atoms with E-state index in [9.17, 15) is 9.59 Å². The van der Waals surface area contributed by atoms with Crippen LogP contribution in [0, 0.1) is 0 Å². The number of benzene rings is 3. The van der Waals surface area contributed by atoms with E-state index in [2.05, 4.69) is 10.9 Å². The number of hydrogen-bond acceptors (Lipinski definition) is 4. The Hall–Kier alpha value is -3.25. The van der Waals surface area contributed by atoms with Gasteiger partial charge in [-0.05, 0) is 41.1 Å². The Morgan fingerprint density at radius 1 is 0.963 bits per heavy atom. The van der Waals surface area contributed by atoms with Crippen LogP contribution in [-0.2, 0) is 4.79 Å². The van der Waals surface area contributed by atoms with Crippen LogP contribution in [-0.4, -0.2) is 25.5 Å². The van der Waals surface area contributed by atoms with Crippen molar-refractivity contribution in [2.45, 2.75) is 0 Å². The van der Waals surface area contributed by atoms with Gasteiger partial charge in [-0.2, -0.15) is 0 Å². The van der Waals surface area contributed by atoms with E-state index in [-0.39, 0.29) is 12.2 Å². The van der Waals surface area contributed by atoms with Gasteiger partial charge in [0.1, 0.15) is 11.5 Å². The molecule has 0 aliphatic heterocycles. The van der Waals surface area contributed by atoms with E-state index < -0.39 is 11.8 Å². The molecule has 2 N–H and O–H groups in total. The van der Waals surface area contributed by atoms with Crippen LogP contribution in [0.2, 0.25) is 5.02 Å². The highest BCUT2D eigenvalue weighted by Gasteiger charge is 2.13. The largest absolute Gasteiger partial charge is 0.496 e. The quantitative estimate of drug-likeness (QED) is 0.661. The molecule has 2 amide bonds. The molecule has 3 aromatic rings. The maximum absolute atomic E-state index is 12.2. The Kier molecular flexibility index (Phi) is 5.78. The monoisotopic (exact) mass is 384 g/mol. The number of carbonyl (C=O) groups excluding carboxylic acids is 2. The highest BCUT2D eigenvalue weighted by molar-refractivity contribution is 6.30. The van der Waals surface area contributed by atoms with E-state index >= 15 is 0 Å². The lowest BCUT2D eigenvalue weighted by atomic mass is 10.1. The van der Waals surface area contributed by atoms with Crippen molar-refractivity contribution in [2.24, 2.45) is 0 Å². The van der Waals surface area contributed by atoms with Gasteiger partial charge in [0, 0.05) is 5.02 Å². The molecule has 0 atom stereocenters. The minimum Gasteiger partial charge on any atom is -0.496 e. The number of amides is 2. The van der Waals surface area contributed by atoms with Gasteiger partial charge >= 0.3 is 0 Å². The minimum atomic E-state index is -0.525. The number of methoxy groups -OCH3 is 1. The van der Waals surface area contributed by atoms with Crippen LogP contribution in [0.3, 0.4) is 0 Å². The Morgan fingerprint density at radius 2 is 1.74 bits per heavy atom. The summed E-state index contributed by atoms with van der Waals surface area (Å²) in [7, 11) is 1.43. The molecule has 0 fully saturated rings. The lowest BCUT2D eigenvalue weighted by Gasteiger charge is -2.11. The summed E-state index contributed by atoms with van der Waals surface area (Å²) in [5.74, 6) is -0.150. The average Bonchev–Trinajstić information content (AvgIpc) is 2.70. The van der Waals surface area contributed by atoms with Crippen molar-refractivity contribution in [3.8, 4) is 11.5 Å². The molecule has 0 unspecified atom stereocenters. The Labute approximate surface area is 161 Å². The zero-order valence-corrected chi connectivity index (χ0v) is 15.2. The highest BCUT2D eigenvalue weighted by Crippen LogP contribution is 2.23. The lowest BCUT2D eigenvalue weighted by Crippen LogP contribution is -2.43. The number of halogens is 1. The van der Waals surface area contributed by atoms with Crippen molar-refractivity contribution in [3.63, 3.8) is 0 Å². The van der Waals surface area contributed by atoms with Gasteiger partial charge < -0.3 is 9.47 Å². The van der Waals surface area contributed by atoms with E-state index in [4.69, 9.17) is 21.1 Å². The summed E-state index contributed by atoms with van der Waals surface area (Å²) in [5, 5.41) is 2.54. The summed E-state index contributed by atoms with van der Waals surface area (Å²) in [5.41, 5.74) is 4.87. The zero-order chi connectivity index (χ0) is 19.2. The first kappa shape index (κ1) is 18.5. The van der Waals surface area contributed by atoms with Crippen molar-refractivity contribution >= 4 is 34.2 Å². The zero-order valence-electron chi connectivity index (χ0n) is 14.5. The van der Waals surface area contributed by atoms with E-state index in [0.717, 1.165) is 10.8 Å². The summed E-state index contributed by atoms with van der Waals surface area (Å²) in [6, 6.07) is 18.0. The molecule has 0 aliphatic rings. The molecule has 0 radical (unpaired) electrons. The Bertz CT molecular complexity index is 991. The SMILES string of the molecule is COc1cc(Cl)ccc1C(=O)NNC(=O)COc1ccc2ccccc2c1. The fourth-order valence-electron chi connectivity index (χ4n) is 2.49. The van der Waals surface area contributed by atoms with Crippen molar-refractivity contribution in [2.75, 3.05) is 13.7 Å². The van der Waals surface area contributed by atoms with Crippen LogP contribution in [0.5, 0.6) is 11.5 Å². The van der Waals surface area contributed by atoms with Gasteiger partial charge in [-0.3, -0.25) is 20.4 Å². The number of hydrogen-bond donors (Lipinski definition) is 2. The predicted octanol–water partition coefficient (Wildman–Crippen LogP) is 3.34. The number of hydrazine groups is 1. The van der Waals surface area contributed by atoms with Gasteiger partial charge in [0.15, 0.2) is 6.61 Å². The Morgan fingerprint density at radius 3 is 2.52 bits per heavy atom. The fourth-order valence-corrected chi connectivity index (χ4v) is 2.65. The van der Waals surface area contributed by atoms with E-state index in [0.29, 0.717) is 16.5 Å². The van der Waals surface area contributed by atoms with Crippen LogP contribution in [0.25, 0.3) is 10.8 Å². The maximum Gasteiger partial charge on any atom is 0.276 e. The first-order valence-electron chi connectivity index (χ1n) is 8.11. The maximum atomic E-state index is 12.2. The van der Waals surface area contributed by atoms with Gasteiger partial charge in [0.05, 0.1) is 12.7 Å². The van der Waals surface area contributed by atoms with Gasteiger partial charge in [0.25, 0.3) is 11.8 Å². The topological polar surface area (TPSA) is 76.7 Å². The summed E-state index contributed by atoms with van der Waals surface area (Å²) < 4.78 is 10.6. The lowest BCUT2D eigenvalue weighted by molar-refractivity contribution is -0.123. The second kappa shape index (κ2) is 8.42. The standard InChI is InChI=1S/C20H17ClN2O4/c1-26-18-11-15(21)7-9-17(18)20(25)23-22-19(24)12-27-16-8-6-13-4-2-3-5-14(13)10-16/h2-11H,12H2,1H3,(H,22,24)(H,23,25). The number of rotatable bonds is 5. The second-order valence-electron chi connectivity index (χ2n) is 5.64. The molecule has 0 heterocycles. The number of carbonyl (C=O) groups is 2. The van der Waals surface area contributed by atoms with Crippen molar-refractivity contribution in [1.29, 1.82) is 0 Å². The highest BCUT2D eigenvalue weighted by atomic mass is 35.5. The molecule has 3 rings (SSSR count). The van der Waals surface area contributed by atoms with Crippen molar-refractivity contribution in [3.05, 3.63) is 71.2 Å². The van der Waals surface area contributed by atoms with Crippen LogP contribution in [0.1, 0.15) is 10.4 Å². The van der Waals surface area contributed by atoms with Gasteiger partial charge in [-0.1, -0.05) is 41.9 Å². The molecule has 0 aliphatic carbocycles. The molecule has 6 nitrogen and oxygen atoms in total. The number of ether oxygens (including phenoxy) is 2. The van der Waals surface area contributed by atoms with Crippen molar-refractivity contribution in [1.82, 2.24) is 10.9 Å². The Balaban J connectivity index is 1.54. The molecule has 0 saturated carbocycles. The predicted molar refractivity (Wildman–Crippen MR) is 103 cm³/mol. The summed E-state index contributed by atoms with van der Waals surface area (Å²) in [4.78, 5) is 24.1. The summed E-state index contributed by atoms with van der Waals surface area (Å²) >= 11 is 5.87. The molecular weight excluding hydrogens is 368 g/mol. The van der Waals surface area contributed by atoms with Crippen LogP contribution in [0.4, 0.5) is 0 Å². The van der Waals surface area contributed by atoms with E-state index in [1.54, 1.807) is 12.1 Å². The van der Waals surface area contributed by atoms with Crippen LogP contribution in [0.15, 0.2) is 60.7 Å². The van der Waals surface area contributed by atoms with Gasteiger partial charge in [0.2, 0.25) is 0 Å². The third-order valence-corrected chi connectivity index (χ3v) is 4.05. The average molecular weight is 385 g/mol. The van der Waals surface area contributed by atoms with Gasteiger partial charge in [-0.25, -0.2) is 0 Å². The van der Waals surface area contributed by atoms with Gasteiger partial charge in [-0.15, -0.1) is 0 Å². The summed E-state index contributed by atoms with van der Waals surface area (Å²) in [6.45, 7) is -0.240. The number of nitrogens with one attached hydrogen (secondary N) is 2. The molecule has 0 bridgehead atoms. The molecule has 138 valence electrons. The smallest absolute Gasteiger partial charge is 0.276 e. The van der Waals surface area contributed by atoms with Crippen LogP contribution < -0.4 is 20.3 Å². The molecule has 0 saturated heterocycles. The summed E-state index contributed by atoms with van der Waals surface area (Å²) in [6.07, 6.45) is 0. The molecule has 3 aromatic carbocycles.